The Morgan fingerprint density at radius 3 is 2.83 bits per heavy atom. The molecule has 1 aromatic rings. The minimum absolute atomic E-state index is 0.580. The molecule has 0 aromatic heterocycles. The van der Waals surface area contributed by atoms with Gasteiger partial charge in [0.15, 0.2) is 0 Å². The average Bonchev–Trinajstić information content (AvgIpc) is 2.94. The van der Waals surface area contributed by atoms with Crippen LogP contribution in [-0.4, -0.2) is 0 Å². The zero-order valence-corrected chi connectivity index (χ0v) is 13.3. The fourth-order valence-electron chi connectivity index (χ4n) is 2.91. The van der Waals surface area contributed by atoms with Crippen LogP contribution >= 0.6 is 0 Å². The van der Waals surface area contributed by atoms with Crippen molar-refractivity contribution < 1.29 is 23.2 Å². The van der Waals surface area contributed by atoms with E-state index in [1.54, 1.807) is 6.56 Å². The van der Waals surface area contributed by atoms with Crippen LogP contribution in [0, 0.1) is 0 Å². The summed E-state index contributed by atoms with van der Waals surface area (Å²) in [6.45, 7) is 4.60. The summed E-state index contributed by atoms with van der Waals surface area (Å²) in [5.41, 5.74) is 11.3. The first-order chi connectivity index (χ1) is 8.68. The third-order valence-corrected chi connectivity index (χ3v) is 8.22. The van der Waals surface area contributed by atoms with Crippen LogP contribution in [0.15, 0.2) is 43.0 Å². The predicted molar refractivity (Wildman–Crippen MR) is 73.7 cm³/mol. The number of hydrogen-bond acceptors (Lipinski definition) is 1. The Labute approximate surface area is 120 Å². The van der Waals surface area contributed by atoms with Crippen molar-refractivity contribution in [1.29, 1.82) is 0 Å². The quantitative estimate of drug-likeness (QED) is 0.819. The van der Waals surface area contributed by atoms with Crippen LogP contribution in [0.3, 0.4) is 0 Å². The molecule has 0 aliphatic heterocycles. The number of nitrogens with two attached hydrogens (primary N) is 1. The zero-order chi connectivity index (χ0) is 12.7. The maximum atomic E-state index is 6.15. The first-order valence-corrected chi connectivity index (χ1v) is 8.86. The van der Waals surface area contributed by atoms with Gasteiger partial charge in [0.25, 0.3) is 0 Å². The molecule has 1 unspecified atom stereocenters. The Kier molecular flexibility index (Phi) is 3.15. The van der Waals surface area contributed by atoms with Gasteiger partial charge in [-0.3, -0.25) is 0 Å². The van der Waals surface area contributed by atoms with Crippen LogP contribution in [0.2, 0.25) is 0 Å². The first kappa shape index (κ1) is 12.2. The van der Waals surface area contributed by atoms with E-state index in [1.165, 1.54) is 23.1 Å². The molecule has 1 nitrogen and oxygen atoms in total. The molecule has 18 heavy (non-hydrogen) atoms. The van der Waals surface area contributed by atoms with Crippen molar-refractivity contribution in [2.45, 2.75) is 26.2 Å². The molecule has 0 radical (unpaired) electrons. The van der Waals surface area contributed by atoms with Gasteiger partial charge in [0.2, 0.25) is 0 Å². The summed E-state index contributed by atoms with van der Waals surface area (Å²) < 4.78 is 3.40. The molecular weight excluding hydrogens is 297 g/mol. The van der Waals surface area contributed by atoms with Crippen molar-refractivity contribution in [2.75, 3.05) is 5.73 Å². The third kappa shape index (κ3) is 1.87. The number of fused-ring (bicyclic) bond motifs is 1. The fourth-order valence-corrected chi connectivity index (χ4v) is 6.43. The molecule has 2 aliphatic carbocycles. The number of allylic oxidation sites excluding steroid dienone is 6. The third-order valence-electron chi connectivity index (χ3n) is 3.87. The van der Waals surface area contributed by atoms with Crippen LogP contribution < -0.4 is 5.73 Å². The van der Waals surface area contributed by atoms with E-state index in [9.17, 15) is 0 Å². The Morgan fingerprint density at radius 2 is 2.17 bits per heavy atom. The summed E-state index contributed by atoms with van der Waals surface area (Å²) in [6, 6.07) is 6.36. The Morgan fingerprint density at radius 1 is 1.33 bits per heavy atom. The van der Waals surface area contributed by atoms with E-state index in [-0.39, 0.29) is 0 Å². The van der Waals surface area contributed by atoms with Gasteiger partial charge in [-0.25, -0.2) is 0 Å². The van der Waals surface area contributed by atoms with Crippen molar-refractivity contribution in [1.82, 2.24) is 0 Å². The molecule has 0 bridgehead atoms. The summed E-state index contributed by atoms with van der Waals surface area (Å²) in [4.78, 5) is 0. The molecule has 3 rings (SSSR count). The van der Waals surface area contributed by atoms with Crippen LogP contribution in [0.4, 0.5) is 5.69 Å². The van der Waals surface area contributed by atoms with Gasteiger partial charge in [-0.15, -0.1) is 0 Å². The molecule has 2 aliphatic rings. The molecule has 0 spiro atoms. The van der Waals surface area contributed by atoms with Crippen molar-refractivity contribution >= 4 is 11.3 Å². The van der Waals surface area contributed by atoms with Gasteiger partial charge < -0.3 is 0 Å². The second-order valence-electron chi connectivity index (χ2n) is 5.02. The van der Waals surface area contributed by atoms with Crippen LogP contribution in [0.1, 0.15) is 37.3 Å². The number of nitrogen functional groups attached to an aromatic ring is 1. The fraction of sp³-hybridized carbons (Fsp3) is 0.250. The first-order valence-electron chi connectivity index (χ1n) is 6.40. The molecule has 2 heteroatoms. The second kappa shape index (κ2) is 4.66. The van der Waals surface area contributed by atoms with Crippen LogP contribution in [-0.2, 0) is 23.2 Å². The number of rotatable bonds is 2. The molecule has 2 N–H and O–H groups in total. The SMILES string of the molecule is CC1=[C]([Zr][C]2=CC=CC2)C(C)c2cccc(N)c21. The summed E-state index contributed by atoms with van der Waals surface area (Å²) >= 11 is -0.597. The Balaban J connectivity index is 1.99. The minimum atomic E-state index is -0.597. The van der Waals surface area contributed by atoms with Crippen molar-refractivity contribution in [3.05, 3.63) is 54.1 Å². The van der Waals surface area contributed by atoms with E-state index in [4.69, 9.17) is 5.73 Å². The van der Waals surface area contributed by atoms with Gasteiger partial charge in [0, 0.05) is 0 Å². The van der Waals surface area contributed by atoms with E-state index in [0.717, 1.165) is 5.69 Å². The molecule has 0 saturated carbocycles. The Hall–Kier alpha value is -0.877. The summed E-state index contributed by atoms with van der Waals surface area (Å²) in [5.74, 6) is 0.580. The second-order valence-corrected chi connectivity index (χ2v) is 8.54. The van der Waals surface area contributed by atoms with Crippen LogP contribution in [0.5, 0.6) is 0 Å². The number of benzene rings is 1. The van der Waals surface area contributed by atoms with E-state index in [2.05, 4.69) is 44.2 Å². The van der Waals surface area contributed by atoms with Gasteiger partial charge in [-0.2, -0.15) is 0 Å². The van der Waals surface area contributed by atoms with Gasteiger partial charge in [-0.05, 0) is 0 Å². The average molecular weight is 315 g/mol. The van der Waals surface area contributed by atoms with Crippen LogP contribution in [0.25, 0.3) is 5.57 Å². The molecule has 0 amide bonds. The topological polar surface area (TPSA) is 26.0 Å². The van der Waals surface area contributed by atoms with Gasteiger partial charge in [0.1, 0.15) is 0 Å². The van der Waals surface area contributed by atoms with Crippen molar-refractivity contribution in [3.8, 4) is 0 Å². The summed E-state index contributed by atoms with van der Waals surface area (Å²) in [7, 11) is 0. The molecule has 90 valence electrons. The number of hydrogen-bond donors (Lipinski definition) is 1. The van der Waals surface area contributed by atoms with Gasteiger partial charge in [-0.1, -0.05) is 0 Å². The molecule has 0 fully saturated rings. The number of anilines is 1. The van der Waals surface area contributed by atoms with E-state index < -0.39 is 23.2 Å². The molecule has 1 aromatic carbocycles. The normalized spacial score (nSPS) is 21.2. The van der Waals surface area contributed by atoms with Crippen molar-refractivity contribution in [3.63, 3.8) is 0 Å². The van der Waals surface area contributed by atoms with Gasteiger partial charge >= 0.3 is 121 Å². The summed E-state index contributed by atoms with van der Waals surface area (Å²) in [5, 5.41) is 0. The van der Waals surface area contributed by atoms with Crippen molar-refractivity contribution in [2.24, 2.45) is 0 Å². The standard InChI is InChI=1S/C11H12N.C5H5.Zr/c1-7-6-8(2)11-9(7)4-3-5-10(11)12;1-2-4-5-3-1;/h3-5,7H,12H2,1-2H3;1-3H,4H2;. The molecule has 0 heterocycles. The van der Waals surface area contributed by atoms with Gasteiger partial charge in [0.05, 0.1) is 0 Å². The maximum absolute atomic E-state index is 6.15. The molecule has 1 atom stereocenters. The summed E-state index contributed by atoms with van der Waals surface area (Å²) in [6.07, 6.45) is 7.98. The molecule has 0 saturated heterocycles. The van der Waals surface area contributed by atoms with E-state index in [1.807, 2.05) is 6.07 Å². The molecular formula is C16H17NZr. The monoisotopic (exact) mass is 313 g/mol. The van der Waals surface area contributed by atoms with E-state index in [0.29, 0.717) is 5.92 Å². The predicted octanol–water partition coefficient (Wildman–Crippen LogP) is 4.04. The van der Waals surface area contributed by atoms with E-state index >= 15 is 0 Å². The Bertz CT molecular complexity index is 593. The zero-order valence-electron chi connectivity index (χ0n) is 10.8.